The van der Waals surface area contributed by atoms with Gasteiger partial charge in [0.05, 0.1) is 6.54 Å². The largest absolute Gasteiger partial charge is 0.354 e. The summed E-state index contributed by atoms with van der Waals surface area (Å²) < 4.78 is 2.11. The lowest BCUT2D eigenvalue weighted by Gasteiger charge is -2.33. The van der Waals surface area contributed by atoms with Crippen molar-refractivity contribution in [2.45, 2.75) is 46.2 Å². The minimum atomic E-state index is 0.709. The zero-order chi connectivity index (χ0) is 18.2. The zero-order valence-electron chi connectivity index (χ0n) is 15.9. The summed E-state index contributed by atoms with van der Waals surface area (Å²) in [5, 5.41) is 11.7. The second-order valence-electron chi connectivity index (χ2n) is 7.04. The summed E-state index contributed by atoms with van der Waals surface area (Å²) in [6.07, 6.45) is 5.25. The predicted molar refractivity (Wildman–Crippen MR) is 105 cm³/mol. The van der Waals surface area contributed by atoms with Gasteiger partial charge in [0.15, 0.2) is 5.96 Å². The number of nitrogens with one attached hydrogen (secondary N) is 1. The number of hydrogen-bond donors (Lipinski definition) is 1. The first-order valence-electron chi connectivity index (χ1n) is 9.70. The van der Waals surface area contributed by atoms with Crippen LogP contribution in [0.1, 0.15) is 38.1 Å². The molecule has 1 unspecified atom stereocenters. The highest BCUT2D eigenvalue weighted by Crippen LogP contribution is 2.15. The van der Waals surface area contributed by atoms with Gasteiger partial charge in [0.25, 0.3) is 0 Å². The van der Waals surface area contributed by atoms with Crippen molar-refractivity contribution in [2.75, 3.05) is 19.6 Å². The molecule has 0 radical (unpaired) electrons. The van der Waals surface area contributed by atoms with Crippen molar-refractivity contribution >= 4 is 5.96 Å². The normalized spacial score (nSPS) is 18.2. The van der Waals surface area contributed by atoms with Crippen molar-refractivity contribution in [2.24, 2.45) is 10.9 Å². The fourth-order valence-corrected chi connectivity index (χ4v) is 3.43. The Hall–Kier alpha value is -2.37. The highest BCUT2D eigenvalue weighted by atomic mass is 15.3. The van der Waals surface area contributed by atoms with E-state index in [0.717, 1.165) is 50.3 Å². The lowest BCUT2D eigenvalue weighted by Crippen LogP contribution is -2.47. The second kappa shape index (κ2) is 9.36. The van der Waals surface area contributed by atoms with Crippen LogP contribution in [-0.2, 0) is 19.5 Å². The molecule has 2 heterocycles. The summed E-state index contributed by atoms with van der Waals surface area (Å²) in [5.41, 5.74) is 1.24. The maximum Gasteiger partial charge on any atom is 0.194 e. The Kier molecular flexibility index (Phi) is 6.63. The molecule has 0 amide bonds. The first-order valence-corrected chi connectivity index (χ1v) is 9.70. The Morgan fingerprint density at radius 3 is 2.92 bits per heavy atom. The predicted octanol–water partition coefficient (Wildman–Crippen LogP) is 2.72. The van der Waals surface area contributed by atoms with Crippen LogP contribution in [0.15, 0.2) is 41.7 Å². The molecule has 140 valence electrons. The van der Waals surface area contributed by atoms with Crippen molar-refractivity contribution in [1.82, 2.24) is 25.0 Å². The van der Waals surface area contributed by atoms with E-state index in [1.807, 2.05) is 12.4 Å². The number of piperidine rings is 1. The van der Waals surface area contributed by atoms with Crippen LogP contribution in [0.25, 0.3) is 0 Å². The van der Waals surface area contributed by atoms with Crippen LogP contribution in [0.5, 0.6) is 0 Å². The molecule has 1 saturated heterocycles. The van der Waals surface area contributed by atoms with E-state index in [9.17, 15) is 0 Å². The van der Waals surface area contributed by atoms with Crippen LogP contribution >= 0.6 is 0 Å². The average molecular weight is 355 g/mol. The molecule has 1 aromatic heterocycles. The number of aromatic nitrogens is 3. The van der Waals surface area contributed by atoms with Crippen LogP contribution in [0, 0.1) is 5.92 Å². The summed E-state index contributed by atoms with van der Waals surface area (Å²) in [7, 11) is 0. The van der Waals surface area contributed by atoms with Gasteiger partial charge in [-0.1, -0.05) is 44.2 Å². The lowest BCUT2D eigenvalue weighted by molar-refractivity contribution is 0.265. The fraction of sp³-hybridized carbons (Fsp3) is 0.550. The number of aliphatic imine (C=N–C) groups is 1. The molecule has 1 aromatic carbocycles. The molecule has 1 fully saturated rings. The van der Waals surface area contributed by atoms with Gasteiger partial charge >= 0.3 is 0 Å². The molecule has 0 bridgehead atoms. The lowest BCUT2D eigenvalue weighted by atomic mass is 10.0. The summed E-state index contributed by atoms with van der Waals surface area (Å²) in [6.45, 7) is 8.97. The first kappa shape index (κ1) is 18.4. The van der Waals surface area contributed by atoms with Gasteiger partial charge in [-0.3, -0.25) is 0 Å². The Labute approximate surface area is 156 Å². The molecule has 6 heteroatoms. The van der Waals surface area contributed by atoms with Crippen LogP contribution in [0.4, 0.5) is 0 Å². The first-order chi connectivity index (χ1) is 12.8. The Balaban J connectivity index is 1.64. The number of likely N-dealkylation sites (tertiary alicyclic amines) is 1. The van der Waals surface area contributed by atoms with Gasteiger partial charge in [-0.25, -0.2) is 4.99 Å². The third kappa shape index (κ3) is 5.07. The molecule has 0 aliphatic carbocycles. The molecule has 6 nitrogen and oxygen atoms in total. The van der Waals surface area contributed by atoms with Gasteiger partial charge in [-0.2, -0.15) is 0 Å². The Bertz CT molecular complexity index is 693. The van der Waals surface area contributed by atoms with E-state index in [-0.39, 0.29) is 0 Å². The third-order valence-electron chi connectivity index (χ3n) is 4.86. The van der Waals surface area contributed by atoms with Crippen molar-refractivity contribution in [1.29, 1.82) is 0 Å². The fourth-order valence-electron chi connectivity index (χ4n) is 3.43. The molecule has 1 aliphatic rings. The van der Waals surface area contributed by atoms with Crippen molar-refractivity contribution < 1.29 is 0 Å². The van der Waals surface area contributed by atoms with Crippen LogP contribution in [0.2, 0.25) is 0 Å². The SMILES string of the molecule is CCc1nncn1CCNC(=NCc1ccccc1)N1CCCC(C)C1. The van der Waals surface area contributed by atoms with E-state index in [4.69, 9.17) is 4.99 Å². The summed E-state index contributed by atoms with van der Waals surface area (Å²) >= 11 is 0. The maximum absolute atomic E-state index is 4.90. The standard InChI is InChI=1S/C20H30N6/c1-3-19-24-23-16-26(19)13-11-21-20(25-12-7-8-17(2)15-25)22-14-18-9-5-4-6-10-18/h4-6,9-10,16-17H,3,7-8,11-15H2,1-2H3,(H,21,22). The molecule has 0 spiro atoms. The zero-order valence-corrected chi connectivity index (χ0v) is 15.9. The summed E-state index contributed by atoms with van der Waals surface area (Å²) in [5.74, 6) is 2.77. The van der Waals surface area contributed by atoms with Gasteiger partial charge in [-0.15, -0.1) is 10.2 Å². The van der Waals surface area contributed by atoms with Gasteiger partial charge in [0, 0.05) is 32.6 Å². The highest BCUT2D eigenvalue weighted by Gasteiger charge is 2.19. The maximum atomic E-state index is 4.90. The molecule has 3 rings (SSSR count). The number of benzene rings is 1. The van der Waals surface area contributed by atoms with Gasteiger partial charge in [-0.05, 0) is 24.3 Å². The molecule has 1 aliphatic heterocycles. The molecular formula is C20H30N6. The van der Waals surface area contributed by atoms with E-state index < -0.39 is 0 Å². The van der Waals surface area contributed by atoms with E-state index in [2.05, 4.69) is 63.1 Å². The molecule has 26 heavy (non-hydrogen) atoms. The molecule has 0 saturated carbocycles. The van der Waals surface area contributed by atoms with E-state index in [1.165, 1.54) is 18.4 Å². The van der Waals surface area contributed by atoms with Crippen molar-refractivity contribution in [3.63, 3.8) is 0 Å². The Morgan fingerprint density at radius 1 is 1.31 bits per heavy atom. The minimum Gasteiger partial charge on any atom is -0.354 e. The van der Waals surface area contributed by atoms with E-state index in [0.29, 0.717) is 6.54 Å². The molecule has 1 atom stereocenters. The smallest absolute Gasteiger partial charge is 0.194 e. The quantitative estimate of drug-likeness (QED) is 0.640. The average Bonchev–Trinajstić information content (AvgIpc) is 3.13. The number of rotatable bonds is 6. The molecule has 2 aromatic rings. The van der Waals surface area contributed by atoms with Gasteiger partial charge in [0.1, 0.15) is 12.2 Å². The molecular weight excluding hydrogens is 324 g/mol. The topological polar surface area (TPSA) is 58.3 Å². The van der Waals surface area contributed by atoms with Crippen LogP contribution in [-0.4, -0.2) is 45.3 Å². The van der Waals surface area contributed by atoms with Crippen molar-refractivity contribution in [3.8, 4) is 0 Å². The van der Waals surface area contributed by atoms with E-state index in [1.54, 1.807) is 0 Å². The number of aryl methyl sites for hydroxylation is 1. The number of nitrogens with zero attached hydrogens (tertiary/aromatic N) is 5. The van der Waals surface area contributed by atoms with Gasteiger partial charge in [0.2, 0.25) is 0 Å². The van der Waals surface area contributed by atoms with Gasteiger partial charge < -0.3 is 14.8 Å². The third-order valence-corrected chi connectivity index (χ3v) is 4.86. The number of hydrogen-bond acceptors (Lipinski definition) is 3. The van der Waals surface area contributed by atoms with E-state index >= 15 is 0 Å². The monoisotopic (exact) mass is 354 g/mol. The summed E-state index contributed by atoms with van der Waals surface area (Å²) in [4.78, 5) is 7.31. The number of guanidine groups is 1. The Morgan fingerprint density at radius 2 is 2.15 bits per heavy atom. The molecule has 1 N–H and O–H groups in total. The van der Waals surface area contributed by atoms with Crippen molar-refractivity contribution in [3.05, 3.63) is 48.0 Å². The summed E-state index contributed by atoms with van der Waals surface area (Å²) in [6, 6.07) is 10.4. The highest BCUT2D eigenvalue weighted by molar-refractivity contribution is 5.80. The second-order valence-corrected chi connectivity index (χ2v) is 7.04. The minimum absolute atomic E-state index is 0.709. The van der Waals surface area contributed by atoms with Crippen LogP contribution < -0.4 is 5.32 Å². The van der Waals surface area contributed by atoms with Crippen LogP contribution in [0.3, 0.4) is 0 Å².